The molecule has 0 bridgehead atoms. The predicted octanol–water partition coefficient (Wildman–Crippen LogP) is 3.55. The van der Waals surface area contributed by atoms with E-state index < -0.39 is 0 Å². The van der Waals surface area contributed by atoms with Crippen molar-refractivity contribution in [3.05, 3.63) is 49.5 Å². The third-order valence-corrected chi connectivity index (χ3v) is 5.67. The first-order valence-electron chi connectivity index (χ1n) is 6.77. The molecule has 0 saturated heterocycles. The molecule has 0 aliphatic heterocycles. The summed E-state index contributed by atoms with van der Waals surface area (Å²) in [5.41, 5.74) is 0.741. The molecule has 6 heteroatoms. The number of hydrogen-bond donors (Lipinski definition) is 1. The van der Waals surface area contributed by atoms with E-state index in [0.29, 0.717) is 23.1 Å². The number of aromatic amines is 1. The Hall–Kier alpha value is -1.50. The fourth-order valence-corrected chi connectivity index (χ4v) is 3.98. The van der Waals surface area contributed by atoms with Crippen LogP contribution in [0, 0.1) is 6.92 Å². The Labute approximate surface area is 131 Å². The van der Waals surface area contributed by atoms with Crippen molar-refractivity contribution < 1.29 is 0 Å². The van der Waals surface area contributed by atoms with Crippen LogP contribution in [0.3, 0.4) is 0 Å². The average molecular weight is 319 g/mol. The van der Waals surface area contributed by atoms with Gasteiger partial charge in [-0.05, 0) is 44.5 Å². The van der Waals surface area contributed by atoms with Gasteiger partial charge in [-0.15, -0.1) is 22.7 Å². The Morgan fingerprint density at radius 1 is 1.38 bits per heavy atom. The van der Waals surface area contributed by atoms with Gasteiger partial charge >= 0.3 is 0 Å². The smallest absolute Gasteiger partial charge is 0.268 e. The Bertz CT molecular complexity index is 818. The number of nitrogens with zero attached hydrogens (tertiary/aromatic N) is 2. The zero-order chi connectivity index (χ0) is 15.0. The molecule has 0 aromatic carbocycles. The summed E-state index contributed by atoms with van der Waals surface area (Å²) in [4.78, 5) is 24.2. The summed E-state index contributed by atoms with van der Waals surface area (Å²) < 4.78 is 0.698. The first kappa shape index (κ1) is 14.4. The molecule has 0 unspecified atom stereocenters. The monoisotopic (exact) mass is 319 g/mol. The molecule has 21 heavy (non-hydrogen) atoms. The summed E-state index contributed by atoms with van der Waals surface area (Å²) in [5.74, 6) is 0.716. The van der Waals surface area contributed by atoms with Crippen LogP contribution in [0.25, 0.3) is 10.2 Å². The minimum Gasteiger partial charge on any atom is -0.308 e. The van der Waals surface area contributed by atoms with Gasteiger partial charge in [-0.1, -0.05) is 0 Å². The molecule has 3 aromatic rings. The van der Waals surface area contributed by atoms with Gasteiger partial charge in [0.15, 0.2) is 0 Å². The first-order valence-corrected chi connectivity index (χ1v) is 8.47. The lowest BCUT2D eigenvalue weighted by Crippen LogP contribution is -2.24. The standard InChI is InChI=1S/C15H17N3OS2/c1-9-4-5-12(21-9)10(2)18(3)8-13-16-11-6-7-20-14(11)15(19)17-13/h4-7,10H,8H2,1-3H3,(H,16,17,19)/t10-/m1/s1. The second kappa shape index (κ2) is 5.71. The predicted molar refractivity (Wildman–Crippen MR) is 89.2 cm³/mol. The van der Waals surface area contributed by atoms with Gasteiger partial charge in [0, 0.05) is 15.8 Å². The van der Waals surface area contributed by atoms with Gasteiger partial charge in [-0.2, -0.15) is 0 Å². The van der Waals surface area contributed by atoms with Crippen LogP contribution in [0.15, 0.2) is 28.4 Å². The van der Waals surface area contributed by atoms with Crippen LogP contribution in [-0.4, -0.2) is 21.9 Å². The Balaban J connectivity index is 1.82. The molecule has 0 fully saturated rings. The molecule has 3 aromatic heterocycles. The van der Waals surface area contributed by atoms with Gasteiger partial charge in [0.2, 0.25) is 0 Å². The lowest BCUT2D eigenvalue weighted by molar-refractivity contribution is 0.250. The van der Waals surface area contributed by atoms with Crippen LogP contribution in [0.1, 0.15) is 28.5 Å². The van der Waals surface area contributed by atoms with E-state index in [1.54, 1.807) is 0 Å². The summed E-state index contributed by atoms with van der Waals surface area (Å²) in [6.45, 7) is 4.91. The van der Waals surface area contributed by atoms with Crippen LogP contribution >= 0.6 is 22.7 Å². The summed E-state index contributed by atoms with van der Waals surface area (Å²) >= 11 is 3.24. The lowest BCUT2D eigenvalue weighted by atomic mass is 10.2. The highest BCUT2D eigenvalue weighted by molar-refractivity contribution is 7.17. The van der Waals surface area contributed by atoms with Crippen LogP contribution in [0.4, 0.5) is 0 Å². The third-order valence-electron chi connectivity index (χ3n) is 3.60. The Morgan fingerprint density at radius 3 is 2.90 bits per heavy atom. The SMILES string of the molecule is Cc1ccc([C@@H](C)N(C)Cc2nc3ccsc3c(=O)[nH]2)s1. The average Bonchev–Trinajstić information content (AvgIpc) is 3.06. The van der Waals surface area contributed by atoms with E-state index in [0.717, 1.165) is 5.52 Å². The van der Waals surface area contributed by atoms with E-state index in [4.69, 9.17) is 0 Å². The summed E-state index contributed by atoms with van der Waals surface area (Å²) in [6, 6.07) is 6.50. The first-order chi connectivity index (χ1) is 10.0. The lowest BCUT2D eigenvalue weighted by Gasteiger charge is -2.23. The molecule has 3 heterocycles. The molecule has 0 saturated carbocycles. The third kappa shape index (κ3) is 2.92. The van der Waals surface area contributed by atoms with Crippen molar-refractivity contribution in [3.8, 4) is 0 Å². The maximum atomic E-state index is 12.0. The van der Waals surface area contributed by atoms with Crippen molar-refractivity contribution >= 4 is 32.9 Å². The molecule has 4 nitrogen and oxygen atoms in total. The molecule has 110 valence electrons. The molecular weight excluding hydrogens is 302 g/mol. The quantitative estimate of drug-likeness (QED) is 0.800. The van der Waals surface area contributed by atoms with E-state index in [-0.39, 0.29) is 5.56 Å². The van der Waals surface area contributed by atoms with Crippen LogP contribution < -0.4 is 5.56 Å². The van der Waals surface area contributed by atoms with Gasteiger partial charge in [0.25, 0.3) is 5.56 Å². The maximum Gasteiger partial charge on any atom is 0.268 e. The molecule has 0 aliphatic rings. The van der Waals surface area contributed by atoms with Crippen molar-refractivity contribution in [2.45, 2.75) is 26.4 Å². The Morgan fingerprint density at radius 2 is 2.19 bits per heavy atom. The fourth-order valence-electron chi connectivity index (χ4n) is 2.26. The van der Waals surface area contributed by atoms with Gasteiger partial charge in [0.05, 0.1) is 12.1 Å². The van der Waals surface area contributed by atoms with Gasteiger partial charge in [0.1, 0.15) is 10.5 Å². The molecule has 0 spiro atoms. The van der Waals surface area contributed by atoms with Crippen LogP contribution in [0.2, 0.25) is 0 Å². The van der Waals surface area contributed by atoms with Crippen LogP contribution in [0.5, 0.6) is 0 Å². The highest BCUT2D eigenvalue weighted by Crippen LogP contribution is 2.27. The van der Waals surface area contributed by atoms with Crippen molar-refractivity contribution in [2.24, 2.45) is 0 Å². The van der Waals surface area contributed by atoms with Gasteiger partial charge < -0.3 is 4.98 Å². The normalized spacial score (nSPS) is 13.1. The molecular formula is C15H17N3OS2. The minimum atomic E-state index is -0.0435. The fraction of sp³-hybridized carbons (Fsp3) is 0.333. The number of thiophene rings is 2. The van der Waals surface area contributed by atoms with Crippen molar-refractivity contribution in [1.29, 1.82) is 0 Å². The number of hydrogen-bond acceptors (Lipinski definition) is 5. The minimum absolute atomic E-state index is 0.0435. The Kier molecular flexibility index (Phi) is 3.93. The highest BCUT2D eigenvalue weighted by atomic mass is 32.1. The molecule has 0 aliphatic carbocycles. The van der Waals surface area contributed by atoms with E-state index in [1.165, 1.54) is 21.1 Å². The van der Waals surface area contributed by atoms with Crippen molar-refractivity contribution in [3.63, 3.8) is 0 Å². The van der Waals surface area contributed by atoms with E-state index in [2.05, 4.69) is 47.9 Å². The summed E-state index contributed by atoms with van der Waals surface area (Å²) in [7, 11) is 2.05. The zero-order valence-electron chi connectivity index (χ0n) is 12.2. The largest absolute Gasteiger partial charge is 0.308 e. The van der Waals surface area contributed by atoms with Crippen molar-refractivity contribution in [1.82, 2.24) is 14.9 Å². The molecule has 0 amide bonds. The molecule has 0 radical (unpaired) electrons. The summed E-state index contributed by atoms with van der Waals surface area (Å²) in [6.07, 6.45) is 0. The number of nitrogens with one attached hydrogen (secondary N) is 1. The highest BCUT2D eigenvalue weighted by Gasteiger charge is 2.15. The van der Waals surface area contributed by atoms with Crippen molar-refractivity contribution in [2.75, 3.05) is 7.05 Å². The molecule has 1 atom stereocenters. The summed E-state index contributed by atoms with van der Waals surface area (Å²) in [5, 5.41) is 1.90. The van der Waals surface area contributed by atoms with E-state index >= 15 is 0 Å². The molecule has 3 rings (SSSR count). The number of rotatable bonds is 4. The topological polar surface area (TPSA) is 49.0 Å². The van der Waals surface area contributed by atoms with Crippen LogP contribution in [-0.2, 0) is 6.54 Å². The number of aryl methyl sites for hydroxylation is 1. The number of fused-ring (bicyclic) bond motifs is 1. The second-order valence-corrected chi connectivity index (χ2v) is 7.42. The van der Waals surface area contributed by atoms with E-state index in [1.807, 2.05) is 22.8 Å². The molecule has 1 N–H and O–H groups in total. The maximum absolute atomic E-state index is 12.0. The number of H-pyrrole nitrogens is 1. The number of aromatic nitrogens is 2. The van der Waals surface area contributed by atoms with E-state index in [9.17, 15) is 4.79 Å². The zero-order valence-corrected chi connectivity index (χ0v) is 13.8. The second-order valence-electron chi connectivity index (χ2n) is 5.19. The van der Waals surface area contributed by atoms with Gasteiger partial charge in [-0.3, -0.25) is 9.69 Å². The van der Waals surface area contributed by atoms with Gasteiger partial charge in [-0.25, -0.2) is 4.98 Å².